The van der Waals surface area contributed by atoms with Crippen LogP contribution in [-0.2, 0) is 15.6 Å². The Hall–Kier alpha value is -3.09. The highest BCUT2D eigenvalue weighted by atomic mass is 16.6. The normalized spacial score (nSPS) is 18.8. The number of para-hydroxylation sites is 2. The summed E-state index contributed by atoms with van der Waals surface area (Å²) in [6, 6.07) is 12.6. The molecule has 7 heteroatoms. The minimum atomic E-state index is -0.899. The van der Waals surface area contributed by atoms with Gasteiger partial charge in [0.2, 0.25) is 0 Å². The molecule has 0 atom stereocenters. The van der Waals surface area contributed by atoms with Gasteiger partial charge in [0.05, 0.1) is 20.7 Å². The zero-order valence-electron chi connectivity index (χ0n) is 13.9. The summed E-state index contributed by atoms with van der Waals surface area (Å²) in [5.41, 5.74) is -1.05. The lowest BCUT2D eigenvalue weighted by molar-refractivity contribution is -0.385. The molecule has 0 aromatic heterocycles. The van der Waals surface area contributed by atoms with Crippen LogP contribution in [0.2, 0.25) is 0 Å². The average molecular weight is 352 g/mol. The van der Waals surface area contributed by atoms with Crippen molar-refractivity contribution in [3.63, 3.8) is 0 Å². The zero-order valence-corrected chi connectivity index (χ0v) is 13.9. The van der Waals surface area contributed by atoms with Crippen LogP contribution in [-0.4, -0.2) is 15.6 Å². The Morgan fingerprint density at radius 3 is 1.38 bits per heavy atom. The highest BCUT2D eigenvalue weighted by molar-refractivity contribution is 6.04. The molecule has 0 aliphatic heterocycles. The SMILES string of the molecule is O=C(C1(c2ccccc2[N+](=O)[O-])CC1)C1(c2ccccc2[N+](=O)[O-])CC1. The van der Waals surface area contributed by atoms with Crippen LogP contribution >= 0.6 is 0 Å². The number of rotatable bonds is 6. The maximum Gasteiger partial charge on any atom is 0.273 e. The molecule has 2 aromatic rings. The largest absolute Gasteiger partial charge is 0.298 e. The van der Waals surface area contributed by atoms with E-state index in [1.54, 1.807) is 36.4 Å². The number of hydrogen-bond acceptors (Lipinski definition) is 5. The Bertz CT molecular complexity index is 869. The average Bonchev–Trinajstić information content (AvgIpc) is 3.56. The summed E-state index contributed by atoms with van der Waals surface area (Å²) >= 11 is 0. The first kappa shape index (κ1) is 16.4. The van der Waals surface area contributed by atoms with Crippen LogP contribution in [0, 0.1) is 20.2 Å². The Morgan fingerprint density at radius 1 is 0.731 bits per heavy atom. The van der Waals surface area contributed by atoms with Gasteiger partial charge in [0, 0.05) is 23.3 Å². The lowest BCUT2D eigenvalue weighted by atomic mass is 9.78. The van der Waals surface area contributed by atoms with Crippen LogP contribution < -0.4 is 0 Å². The van der Waals surface area contributed by atoms with Gasteiger partial charge < -0.3 is 0 Å². The van der Waals surface area contributed by atoms with Gasteiger partial charge in [0.1, 0.15) is 0 Å². The molecule has 0 N–H and O–H groups in total. The predicted molar refractivity (Wildman–Crippen MR) is 93.0 cm³/mol. The second kappa shape index (κ2) is 5.45. The molecule has 4 rings (SSSR count). The number of nitro benzene ring substituents is 2. The molecule has 0 unspecified atom stereocenters. The molecule has 7 nitrogen and oxygen atoms in total. The summed E-state index contributed by atoms with van der Waals surface area (Å²) in [6.07, 6.45) is 2.16. The first-order chi connectivity index (χ1) is 12.4. The van der Waals surface area contributed by atoms with E-state index in [1.807, 2.05) is 0 Å². The number of carbonyl (C=O) groups excluding carboxylic acids is 1. The number of carbonyl (C=O) groups is 1. The molecule has 0 radical (unpaired) electrons. The minimum absolute atomic E-state index is 0.0586. The molecule has 0 saturated heterocycles. The Balaban J connectivity index is 1.80. The molecule has 2 aliphatic carbocycles. The van der Waals surface area contributed by atoms with Gasteiger partial charge in [-0.25, -0.2) is 0 Å². The third kappa shape index (κ3) is 2.23. The van der Waals surface area contributed by atoms with Crippen molar-refractivity contribution < 1.29 is 14.6 Å². The number of hydrogen-bond donors (Lipinski definition) is 0. The molecule has 2 saturated carbocycles. The number of Topliss-reactive ketones (excluding diaryl/α,β-unsaturated/α-hetero) is 1. The quantitative estimate of drug-likeness (QED) is 0.580. The number of ketones is 1. The van der Waals surface area contributed by atoms with Crippen molar-refractivity contribution in [2.45, 2.75) is 36.5 Å². The third-order valence-corrected chi connectivity index (χ3v) is 5.60. The van der Waals surface area contributed by atoms with E-state index in [9.17, 15) is 25.0 Å². The van der Waals surface area contributed by atoms with Crippen molar-refractivity contribution in [2.24, 2.45) is 0 Å². The minimum Gasteiger partial charge on any atom is -0.298 e. The highest BCUT2D eigenvalue weighted by Crippen LogP contribution is 2.62. The maximum atomic E-state index is 13.5. The van der Waals surface area contributed by atoms with Gasteiger partial charge in [-0.1, -0.05) is 36.4 Å². The molecule has 26 heavy (non-hydrogen) atoms. The van der Waals surface area contributed by atoms with Crippen molar-refractivity contribution in [1.29, 1.82) is 0 Å². The second-order valence-electron chi connectivity index (χ2n) is 7.04. The fourth-order valence-electron chi connectivity index (χ4n) is 4.02. The van der Waals surface area contributed by atoms with Gasteiger partial charge in [-0.2, -0.15) is 0 Å². The number of nitro groups is 2. The van der Waals surface area contributed by atoms with E-state index in [4.69, 9.17) is 0 Å². The van der Waals surface area contributed by atoms with E-state index >= 15 is 0 Å². The molecule has 2 fully saturated rings. The van der Waals surface area contributed by atoms with E-state index in [0.717, 1.165) is 0 Å². The van der Waals surface area contributed by atoms with Gasteiger partial charge in [0.15, 0.2) is 5.78 Å². The Labute approximate surface area is 148 Å². The fraction of sp³-hybridized carbons (Fsp3) is 0.316. The molecule has 0 amide bonds. The number of benzene rings is 2. The zero-order chi connectivity index (χ0) is 18.5. The maximum absolute atomic E-state index is 13.5. The number of nitrogens with zero attached hydrogens (tertiary/aromatic N) is 2. The van der Waals surface area contributed by atoms with Gasteiger partial charge in [-0.3, -0.25) is 25.0 Å². The summed E-state index contributed by atoms with van der Waals surface area (Å²) in [5, 5.41) is 22.8. The smallest absolute Gasteiger partial charge is 0.273 e. The van der Waals surface area contributed by atoms with E-state index in [2.05, 4.69) is 0 Å². The van der Waals surface area contributed by atoms with E-state index in [-0.39, 0.29) is 17.2 Å². The fourth-order valence-corrected chi connectivity index (χ4v) is 4.02. The van der Waals surface area contributed by atoms with Crippen molar-refractivity contribution >= 4 is 17.2 Å². The van der Waals surface area contributed by atoms with Crippen molar-refractivity contribution in [3.05, 3.63) is 79.9 Å². The van der Waals surface area contributed by atoms with Gasteiger partial charge in [-0.05, 0) is 25.7 Å². The van der Waals surface area contributed by atoms with E-state index < -0.39 is 20.7 Å². The van der Waals surface area contributed by atoms with Crippen molar-refractivity contribution in [2.75, 3.05) is 0 Å². The summed E-state index contributed by atoms with van der Waals surface area (Å²) in [7, 11) is 0. The van der Waals surface area contributed by atoms with Crippen LogP contribution in [0.25, 0.3) is 0 Å². The summed E-state index contributed by atoms with van der Waals surface area (Å²) in [5.74, 6) is -0.117. The van der Waals surface area contributed by atoms with Crippen molar-refractivity contribution in [3.8, 4) is 0 Å². The molecule has 0 spiro atoms. The lowest BCUT2D eigenvalue weighted by Crippen LogP contribution is -2.33. The summed E-state index contributed by atoms with van der Waals surface area (Å²) in [6.45, 7) is 0. The Kier molecular flexibility index (Phi) is 3.44. The standard InChI is InChI=1S/C19H16N2O5/c22-17(18(9-10-18)13-5-1-3-7-15(13)20(23)24)19(11-12-19)14-6-2-4-8-16(14)21(25)26/h1-8H,9-12H2. The summed E-state index contributed by atoms with van der Waals surface area (Å²) in [4.78, 5) is 35.4. The molecule has 132 valence electrons. The molecule has 0 heterocycles. The first-order valence-electron chi connectivity index (χ1n) is 8.45. The summed E-state index contributed by atoms with van der Waals surface area (Å²) < 4.78 is 0. The molecular weight excluding hydrogens is 336 g/mol. The van der Waals surface area contributed by atoms with Crippen molar-refractivity contribution in [1.82, 2.24) is 0 Å². The molecule has 2 aromatic carbocycles. The molecule has 2 aliphatic rings. The third-order valence-electron chi connectivity index (χ3n) is 5.60. The molecular formula is C19H16N2O5. The lowest BCUT2D eigenvalue weighted by Gasteiger charge is -2.22. The first-order valence-corrected chi connectivity index (χ1v) is 8.45. The van der Waals surface area contributed by atoms with E-state index in [0.29, 0.717) is 36.8 Å². The monoisotopic (exact) mass is 352 g/mol. The van der Waals surface area contributed by atoms with E-state index in [1.165, 1.54) is 12.1 Å². The van der Waals surface area contributed by atoms with Crippen LogP contribution in [0.1, 0.15) is 36.8 Å². The predicted octanol–water partition coefficient (Wildman–Crippen LogP) is 3.84. The van der Waals surface area contributed by atoms with Gasteiger partial charge in [-0.15, -0.1) is 0 Å². The second-order valence-corrected chi connectivity index (χ2v) is 7.04. The van der Waals surface area contributed by atoms with Crippen LogP contribution in [0.3, 0.4) is 0 Å². The van der Waals surface area contributed by atoms with Gasteiger partial charge >= 0.3 is 0 Å². The highest BCUT2D eigenvalue weighted by Gasteiger charge is 2.65. The Morgan fingerprint density at radius 2 is 1.08 bits per heavy atom. The van der Waals surface area contributed by atoms with Gasteiger partial charge in [0.25, 0.3) is 11.4 Å². The topological polar surface area (TPSA) is 103 Å². The molecule has 0 bridgehead atoms. The van der Waals surface area contributed by atoms with Crippen LogP contribution in [0.4, 0.5) is 11.4 Å². The van der Waals surface area contributed by atoms with Crippen LogP contribution in [0.15, 0.2) is 48.5 Å². The van der Waals surface area contributed by atoms with Crippen LogP contribution in [0.5, 0.6) is 0 Å².